The number of pyridine rings is 2. The Morgan fingerprint density at radius 3 is 2.56 bits per heavy atom. The molecule has 174 valence electrons. The summed E-state index contributed by atoms with van der Waals surface area (Å²) in [6, 6.07) is 15.4. The van der Waals surface area contributed by atoms with Crippen molar-refractivity contribution in [2.45, 2.75) is 25.9 Å². The lowest BCUT2D eigenvalue weighted by Crippen LogP contribution is -2.41. The van der Waals surface area contributed by atoms with Crippen molar-refractivity contribution in [3.05, 3.63) is 106 Å². The summed E-state index contributed by atoms with van der Waals surface area (Å²) in [6.45, 7) is 2.71. The standard InChI is InChI=1S/C25H26N6O3/c1-2-21(30(16-12-26)24(32)19-10-14-29(34)15-11-19)23-28-22-20(9-6-13-27-22)25(33)31(23)17-18-7-4-3-5-8-18/h3-11,13-15,21H,2,12,16-17,26H2,1H3. The predicted octanol–water partition coefficient (Wildman–Crippen LogP) is 2.03. The number of carbonyl (C=O) groups is 1. The molecule has 0 spiro atoms. The van der Waals surface area contributed by atoms with E-state index in [1.807, 2.05) is 37.3 Å². The van der Waals surface area contributed by atoms with Crippen molar-refractivity contribution in [1.82, 2.24) is 19.4 Å². The van der Waals surface area contributed by atoms with E-state index in [0.717, 1.165) is 5.56 Å². The fourth-order valence-electron chi connectivity index (χ4n) is 4.05. The van der Waals surface area contributed by atoms with Gasteiger partial charge < -0.3 is 15.8 Å². The maximum Gasteiger partial charge on any atom is 0.263 e. The van der Waals surface area contributed by atoms with E-state index in [9.17, 15) is 14.8 Å². The van der Waals surface area contributed by atoms with Gasteiger partial charge in [0, 0.05) is 31.4 Å². The minimum atomic E-state index is -0.529. The number of hydrogen-bond acceptors (Lipinski definition) is 6. The lowest BCUT2D eigenvalue weighted by atomic mass is 10.1. The number of rotatable bonds is 8. The van der Waals surface area contributed by atoms with Crippen molar-refractivity contribution < 1.29 is 9.52 Å². The average Bonchev–Trinajstić information content (AvgIpc) is 2.87. The van der Waals surface area contributed by atoms with Crippen molar-refractivity contribution in [3.8, 4) is 0 Å². The average molecular weight is 459 g/mol. The highest BCUT2D eigenvalue weighted by molar-refractivity contribution is 5.94. The van der Waals surface area contributed by atoms with Crippen LogP contribution >= 0.6 is 0 Å². The van der Waals surface area contributed by atoms with Crippen LogP contribution in [0.3, 0.4) is 0 Å². The molecule has 4 rings (SSSR count). The second-order valence-electron chi connectivity index (χ2n) is 7.88. The quantitative estimate of drug-likeness (QED) is 0.319. The Labute approximate surface area is 196 Å². The molecule has 0 radical (unpaired) electrons. The summed E-state index contributed by atoms with van der Waals surface area (Å²) in [5.41, 5.74) is 7.28. The second kappa shape index (κ2) is 10.2. The van der Waals surface area contributed by atoms with E-state index >= 15 is 0 Å². The van der Waals surface area contributed by atoms with Crippen LogP contribution < -0.4 is 16.0 Å². The van der Waals surface area contributed by atoms with Gasteiger partial charge >= 0.3 is 0 Å². The van der Waals surface area contributed by atoms with Crippen LogP contribution in [0.15, 0.2) is 78.0 Å². The third-order valence-electron chi connectivity index (χ3n) is 5.68. The molecule has 0 bridgehead atoms. The van der Waals surface area contributed by atoms with Crippen LogP contribution in [0.4, 0.5) is 0 Å². The fourth-order valence-corrected chi connectivity index (χ4v) is 4.05. The zero-order valence-corrected chi connectivity index (χ0v) is 18.9. The lowest BCUT2D eigenvalue weighted by Gasteiger charge is -2.32. The molecule has 1 atom stereocenters. The Hall–Kier alpha value is -4.11. The highest BCUT2D eigenvalue weighted by Crippen LogP contribution is 2.25. The molecule has 0 saturated heterocycles. The molecule has 0 saturated carbocycles. The molecule has 0 aliphatic rings. The molecule has 34 heavy (non-hydrogen) atoms. The van der Waals surface area contributed by atoms with Crippen molar-refractivity contribution in [3.63, 3.8) is 0 Å². The minimum Gasteiger partial charge on any atom is -0.619 e. The van der Waals surface area contributed by atoms with Crippen LogP contribution in [0.2, 0.25) is 0 Å². The van der Waals surface area contributed by atoms with Crippen molar-refractivity contribution in [2.24, 2.45) is 5.73 Å². The van der Waals surface area contributed by atoms with E-state index in [0.29, 0.717) is 40.1 Å². The number of nitrogens with zero attached hydrogens (tertiary/aromatic N) is 5. The summed E-state index contributed by atoms with van der Waals surface area (Å²) in [4.78, 5) is 37.7. The lowest BCUT2D eigenvalue weighted by molar-refractivity contribution is -0.605. The molecule has 2 N–H and O–H groups in total. The Morgan fingerprint density at radius 2 is 1.88 bits per heavy atom. The highest BCUT2D eigenvalue weighted by Gasteiger charge is 2.29. The number of benzene rings is 1. The summed E-state index contributed by atoms with van der Waals surface area (Å²) in [5.74, 6) is 0.152. The maximum absolute atomic E-state index is 13.5. The summed E-state index contributed by atoms with van der Waals surface area (Å²) >= 11 is 0. The van der Waals surface area contributed by atoms with E-state index in [-0.39, 0.29) is 24.6 Å². The summed E-state index contributed by atoms with van der Waals surface area (Å²) in [5, 5.41) is 11.9. The van der Waals surface area contributed by atoms with E-state index in [2.05, 4.69) is 4.98 Å². The molecule has 0 aliphatic heterocycles. The summed E-state index contributed by atoms with van der Waals surface area (Å²) in [7, 11) is 0. The number of carbonyl (C=O) groups excluding carboxylic acids is 1. The fraction of sp³-hybridized carbons (Fsp3) is 0.240. The van der Waals surface area contributed by atoms with Gasteiger partial charge in [0.15, 0.2) is 18.0 Å². The van der Waals surface area contributed by atoms with Crippen LogP contribution in [0.1, 0.15) is 41.1 Å². The molecule has 1 aromatic carbocycles. The van der Waals surface area contributed by atoms with Crippen LogP contribution in [0.5, 0.6) is 0 Å². The van der Waals surface area contributed by atoms with E-state index in [1.165, 1.54) is 24.5 Å². The molecular formula is C25H26N6O3. The van der Waals surface area contributed by atoms with Crippen molar-refractivity contribution >= 4 is 16.9 Å². The van der Waals surface area contributed by atoms with Crippen molar-refractivity contribution in [2.75, 3.05) is 13.1 Å². The Morgan fingerprint density at radius 1 is 1.15 bits per heavy atom. The molecule has 0 fully saturated rings. The largest absolute Gasteiger partial charge is 0.619 e. The number of fused-ring (bicyclic) bond motifs is 1. The monoisotopic (exact) mass is 458 g/mol. The molecule has 1 unspecified atom stereocenters. The highest BCUT2D eigenvalue weighted by atomic mass is 16.5. The Balaban J connectivity index is 1.87. The molecule has 9 heteroatoms. The summed E-state index contributed by atoms with van der Waals surface area (Å²) in [6.07, 6.45) is 4.64. The van der Waals surface area contributed by atoms with E-state index < -0.39 is 6.04 Å². The molecule has 0 aliphatic carbocycles. The van der Waals surface area contributed by atoms with Gasteiger partial charge in [0.05, 0.1) is 23.5 Å². The molecule has 3 heterocycles. The normalized spacial score (nSPS) is 11.9. The zero-order chi connectivity index (χ0) is 24.1. The van der Waals surface area contributed by atoms with E-state index in [1.54, 1.807) is 27.8 Å². The van der Waals surface area contributed by atoms with Crippen molar-refractivity contribution in [1.29, 1.82) is 0 Å². The van der Waals surface area contributed by atoms with Gasteiger partial charge in [-0.1, -0.05) is 37.3 Å². The van der Waals surface area contributed by atoms with Crippen LogP contribution in [-0.2, 0) is 6.54 Å². The van der Waals surface area contributed by atoms with Gasteiger partial charge in [0.1, 0.15) is 5.82 Å². The second-order valence-corrected chi connectivity index (χ2v) is 7.88. The number of amides is 1. The molecule has 9 nitrogen and oxygen atoms in total. The first-order valence-electron chi connectivity index (χ1n) is 11.1. The molecule has 1 amide bonds. The maximum atomic E-state index is 13.5. The van der Waals surface area contributed by atoms with Gasteiger partial charge in [-0.3, -0.25) is 14.2 Å². The summed E-state index contributed by atoms with van der Waals surface area (Å²) < 4.78 is 2.23. The number of hydrogen-bond donors (Lipinski definition) is 1. The molecule has 4 aromatic rings. The third-order valence-corrected chi connectivity index (χ3v) is 5.68. The van der Waals surface area contributed by atoms with Crippen LogP contribution in [-0.4, -0.2) is 38.4 Å². The Kier molecular flexibility index (Phi) is 6.93. The molecule has 3 aromatic heterocycles. The smallest absolute Gasteiger partial charge is 0.263 e. The topological polar surface area (TPSA) is 121 Å². The Bertz CT molecular complexity index is 1340. The molecular weight excluding hydrogens is 432 g/mol. The first-order chi connectivity index (χ1) is 16.5. The van der Waals surface area contributed by atoms with Gasteiger partial charge in [-0.05, 0) is 24.1 Å². The minimum absolute atomic E-state index is 0.220. The first kappa shape index (κ1) is 23.1. The number of nitrogens with two attached hydrogens (primary N) is 1. The number of aromatic nitrogens is 4. The van der Waals surface area contributed by atoms with Gasteiger partial charge in [0.2, 0.25) is 0 Å². The van der Waals surface area contributed by atoms with E-state index in [4.69, 9.17) is 10.7 Å². The van der Waals surface area contributed by atoms with Gasteiger partial charge in [-0.25, -0.2) is 9.97 Å². The third kappa shape index (κ3) is 4.65. The predicted molar refractivity (Wildman–Crippen MR) is 128 cm³/mol. The van der Waals surface area contributed by atoms with Crippen LogP contribution in [0.25, 0.3) is 11.0 Å². The zero-order valence-electron chi connectivity index (χ0n) is 18.9. The SMILES string of the molecule is CCC(c1nc2ncccc2c(=O)n1Cc1ccccc1)N(CCN)C(=O)c1cc[n+]([O-])cc1. The van der Waals surface area contributed by atoms with Gasteiger partial charge in [-0.15, -0.1) is 0 Å². The van der Waals surface area contributed by atoms with Gasteiger partial charge in [-0.2, -0.15) is 4.73 Å². The van der Waals surface area contributed by atoms with Gasteiger partial charge in [0.25, 0.3) is 11.5 Å². The first-order valence-corrected chi connectivity index (χ1v) is 11.1. The van der Waals surface area contributed by atoms with Crippen LogP contribution in [0, 0.1) is 5.21 Å².